The van der Waals surface area contributed by atoms with Crippen molar-refractivity contribution in [2.75, 3.05) is 6.61 Å². The molecule has 3 aromatic rings. The van der Waals surface area contributed by atoms with Crippen molar-refractivity contribution < 1.29 is 13.9 Å². The van der Waals surface area contributed by atoms with Gasteiger partial charge in [0.15, 0.2) is 11.6 Å². The lowest BCUT2D eigenvalue weighted by atomic mass is 10.1. The summed E-state index contributed by atoms with van der Waals surface area (Å²) in [6.07, 6.45) is 7.18. The highest BCUT2D eigenvalue weighted by Crippen LogP contribution is 2.33. The molecule has 1 fully saturated rings. The Labute approximate surface area is 146 Å². The standard InChI is InChI=1S/C20H20N2O3/c1-2-10-24-17(3-1)18-6-7-19(25-18)20-21-8-9-22(20)16-5-4-14-12-23-13-15(14)11-16/h4-9,11,17H,1-3,10,12-13H2. The van der Waals surface area contributed by atoms with E-state index in [-0.39, 0.29) is 6.10 Å². The van der Waals surface area contributed by atoms with Crippen molar-refractivity contribution in [3.05, 3.63) is 59.6 Å². The molecular weight excluding hydrogens is 316 g/mol. The number of imidazole rings is 1. The maximum atomic E-state index is 6.09. The summed E-state index contributed by atoms with van der Waals surface area (Å²) in [5.74, 6) is 2.47. The van der Waals surface area contributed by atoms with Gasteiger partial charge in [0.05, 0.1) is 13.2 Å². The fourth-order valence-electron chi connectivity index (χ4n) is 3.61. The monoisotopic (exact) mass is 336 g/mol. The molecule has 0 amide bonds. The van der Waals surface area contributed by atoms with E-state index in [2.05, 4.69) is 27.8 Å². The fraction of sp³-hybridized carbons (Fsp3) is 0.350. The fourth-order valence-corrected chi connectivity index (χ4v) is 3.61. The second kappa shape index (κ2) is 6.17. The Hall–Kier alpha value is -2.37. The normalized spacial score (nSPS) is 19.9. The highest BCUT2D eigenvalue weighted by atomic mass is 16.5. The van der Waals surface area contributed by atoms with Crippen LogP contribution >= 0.6 is 0 Å². The van der Waals surface area contributed by atoms with Crippen molar-refractivity contribution in [2.24, 2.45) is 0 Å². The van der Waals surface area contributed by atoms with Crippen LogP contribution in [0.2, 0.25) is 0 Å². The zero-order valence-electron chi connectivity index (χ0n) is 14.0. The quantitative estimate of drug-likeness (QED) is 0.711. The lowest BCUT2D eigenvalue weighted by Gasteiger charge is -2.20. The molecule has 4 heterocycles. The third-order valence-electron chi connectivity index (χ3n) is 4.97. The van der Waals surface area contributed by atoms with Gasteiger partial charge < -0.3 is 13.9 Å². The molecule has 2 aromatic heterocycles. The van der Waals surface area contributed by atoms with Gasteiger partial charge in [-0.15, -0.1) is 0 Å². The van der Waals surface area contributed by atoms with Crippen LogP contribution in [0.15, 0.2) is 47.1 Å². The third-order valence-corrected chi connectivity index (χ3v) is 4.97. The van der Waals surface area contributed by atoms with E-state index in [1.807, 2.05) is 18.3 Å². The largest absolute Gasteiger partial charge is 0.455 e. The molecule has 25 heavy (non-hydrogen) atoms. The maximum absolute atomic E-state index is 6.09. The molecule has 1 aromatic carbocycles. The summed E-state index contributed by atoms with van der Waals surface area (Å²) in [5.41, 5.74) is 3.58. The summed E-state index contributed by atoms with van der Waals surface area (Å²) in [4.78, 5) is 4.51. The van der Waals surface area contributed by atoms with Crippen LogP contribution in [0.1, 0.15) is 42.3 Å². The molecule has 0 N–H and O–H groups in total. The number of ether oxygens (including phenoxy) is 2. The minimum absolute atomic E-state index is 0.0723. The summed E-state index contributed by atoms with van der Waals surface area (Å²) in [6.45, 7) is 2.19. The van der Waals surface area contributed by atoms with E-state index in [9.17, 15) is 0 Å². The summed E-state index contributed by atoms with van der Waals surface area (Å²) >= 11 is 0. The minimum atomic E-state index is 0.0723. The summed E-state index contributed by atoms with van der Waals surface area (Å²) in [7, 11) is 0. The Morgan fingerprint density at radius 2 is 2.00 bits per heavy atom. The molecule has 1 unspecified atom stereocenters. The zero-order valence-corrected chi connectivity index (χ0v) is 14.0. The molecule has 5 heteroatoms. The molecule has 2 aliphatic heterocycles. The molecule has 5 rings (SSSR count). The molecule has 0 spiro atoms. The predicted octanol–water partition coefficient (Wildman–Crippen LogP) is 4.40. The van der Waals surface area contributed by atoms with Crippen LogP contribution in [0.4, 0.5) is 0 Å². The van der Waals surface area contributed by atoms with Gasteiger partial charge in [0.1, 0.15) is 11.9 Å². The first-order valence-corrected chi connectivity index (χ1v) is 8.83. The van der Waals surface area contributed by atoms with Crippen molar-refractivity contribution in [1.82, 2.24) is 9.55 Å². The van der Waals surface area contributed by atoms with Gasteiger partial charge in [-0.05, 0) is 54.7 Å². The lowest BCUT2D eigenvalue weighted by molar-refractivity contribution is 0.00219. The van der Waals surface area contributed by atoms with Gasteiger partial charge in [0.2, 0.25) is 0 Å². The van der Waals surface area contributed by atoms with Crippen molar-refractivity contribution in [2.45, 2.75) is 38.6 Å². The van der Waals surface area contributed by atoms with E-state index in [1.54, 1.807) is 6.20 Å². The first-order chi connectivity index (χ1) is 12.4. The molecule has 0 aliphatic carbocycles. The van der Waals surface area contributed by atoms with Gasteiger partial charge in [0, 0.05) is 24.7 Å². The molecule has 0 radical (unpaired) electrons. The van der Waals surface area contributed by atoms with Gasteiger partial charge in [0.25, 0.3) is 0 Å². The number of fused-ring (bicyclic) bond motifs is 1. The second-order valence-corrected chi connectivity index (χ2v) is 6.62. The van der Waals surface area contributed by atoms with Gasteiger partial charge in [-0.3, -0.25) is 4.57 Å². The summed E-state index contributed by atoms with van der Waals surface area (Å²) in [6, 6.07) is 10.4. The highest BCUT2D eigenvalue weighted by molar-refractivity contribution is 5.54. The molecule has 1 saturated heterocycles. The molecule has 5 nitrogen and oxygen atoms in total. The van der Waals surface area contributed by atoms with E-state index in [0.717, 1.165) is 42.5 Å². The van der Waals surface area contributed by atoms with Crippen LogP contribution in [-0.2, 0) is 22.7 Å². The lowest BCUT2D eigenvalue weighted by Crippen LogP contribution is -2.10. The van der Waals surface area contributed by atoms with E-state index in [4.69, 9.17) is 13.9 Å². The minimum Gasteiger partial charge on any atom is -0.455 e. The Kier molecular flexibility index (Phi) is 3.68. The van der Waals surface area contributed by atoms with Gasteiger partial charge >= 0.3 is 0 Å². The first-order valence-electron chi connectivity index (χ1n) is 8.83. The van der Waals surface area contributed by atoms with Crippen molar-refractivity contribution in [3.63, 3.8) is 0 Å². The van der Waals surface area contributed by atoms with Gasteiger partial charge in [-0.25, -0.2) is 4.98 Å². The Balaban J connectivity index is 1.48. The number of hydrogen-bond acceptors (Lipinski definition) is 4. The average molecular weight is 336 g/mol. The van der Waals surface area contributed by atoms with E-state index in [0.29, 0.717) is 13.2 Å². The zero-order chi connectivity index (χ0) is 16.6. The van der Waals surface area contributed by atoms with E-state index in [1.165, 1.54) is 17.5 Å². The van der Waals surface area contributed by atoms with Crippen LogP contribution in [-0.4, -0.2) is 16.2 Å². The molecule has 0 bridgehead atoms. The van der Waals surface area contributed by atoms with Crippen LogP contribution in [0.5, 0.6) is 0 Å². The van der Waals surface area contributed by atoms with Crippen LogP contribution in [0.3, 0.4) is 0 Å². The topological polar surface area (TPSA) is 49.4 Å². The number of rotatable bonds is 3. The van der Waals surface area contributed by atoms with Crippen molar-refractivity contribution >= 4 is 0 Å². The molecule has 2 aliphatic rings. The molecular formula is C20H20N2O3. The van der Waals surface area contributed by atoms with Gasteiger partial charge in [-0.2, -0.15) is 0 Å². The van der Waals surface area contributed by atoms with Crippen molar-refractivity contribution in [3.8, 4) is 17.3 Å². The number of furan rings is 1. The first kappa shape index (κ1) is 14.9. The highest BCUT2D eigenvalue weighted by Gasteiger charge is 2.21. The van der Waals surface area contributed by atoms with E-state index >= 15 is 0 Å². The Morgan fingerprint density at radius 1 is 1.04 bits per heavy atom. The SMILES string of the molecule is c1cn(-c2ccc3c(c2)COC3)c(-c2ccc(C3CCCCO3)o2)n1. The van der Waals surface area contributed by atoms with Gasteiger partial charge in [-0.1, -0.05) is 6.07 Å². The summed E-state index contributed by atoms with van der Waals surface area (Å²) in [5, 5.41) is 0. The van der Waals surface area contributed by atoms with Crippen molar-refractivity contribution in [1.29, 1.82) is 0 Å². The maximum Gasteiger partial charge on any atom is 0.180 e. The number of nitrogens with zero attached hydrogens (tertiary/aromatic N) is 2. The number of benzene rings is 1. The average Bonchev–Trinajstić information content (AvgIpc) is 3.40. The smallest absolute Gasteiger partial charge is 0.180 e. The van der Waals surface area contributed by atoms with Crippen LogP contribution < -0.4 is 0 Å². The number of aromatic nitrogens is 2. The molecule has 1 atom stereocenters. The second-order valence-electron chi connectivity index (χ2n) is 6.62. The Morgan fingerprint density at radius 3 is 2.92 bits per heavy atom. The number of hydrogen-bond donors (Lipinski definition) is 0. The van der Waals surface area contributed by atoms with E-state index < -0.39 is 0 Å². The molecule has 0 saturated carbocycles. The van der Waals surface area contributed by atoms with Crippen LogP contribution in [0, 0.1) is 0 Å². The summed E-state index contributed by atoms with van der Waals surface area (Å²) < 4.78 is 19.5. The third kappa shape index (κ3) is 2.69. The Bertz CT molecular complexity index is 890. The predicted molar refractivity (Wildman–Crippen MR) is 92.3 cm³/mol. The van der Waals surface area contributed by atoms with Crippen LogP contribution in [0.25, 0.3) is 17.3 Å². The molecule has 128 valence electrons.